The van der Waals surface area contributed by atoms with Crippen molar-refractivity contribution in [3.63, 3.8) is 0 Å². The quantitative estimate of drug-likeness (QED) is 0.407. The number of carboxylic acids is 1. The maximum atomic E-state index is 10.5. The second-order valence-electron chi connectivity index (χ2n) is 2.03. The van der Waals surface area contributed by atoms with Crippen LogP contribution in [0.15, 0.2) is 12.2 Å². The van der Waals surface area contributed by atoms with Gasteiger partial charge in [-0.25, -0.2) is 4.79 Å². The van der Waals surface area contributed by atoms with Crippen molar-refractivity contribution in [2.75, 3.05) is 5.88 Å². The standard InChI is InChI=1S/C7H9ClO4/c1-5(2-3-6(9)10)12-7(11)4-8/h2-3,5H,4H2,1H3,(H,9,10). The van der Waals surface area contributed by atoms with Gasteiger partial charge in [0, 0.05) is 6.08 Å². The lowest BCUT2D eigenvalue weighted by Gasteiger charge is -2.05. The fourth-order valence-electron chi connectivity index (χ4n) is 0.496. The fourth-order valence-corrected chi connectivity index (χ4v) is 0.559. The first-order chi connectivity index (χ1) is 5.56. The summed E-state index contributed by atoms with van der Waals surface area (Å²) in [5.74, 6) is -1.88. The highest BCUT2D eigenvalue weighted by molar-refractivity contribution is 6.26. The molecule has 0 bridgehead atoms. The van der Waals surface area contributed by atoms with Crippen molar-refractivity contribution in [1.29, 1.82) is 0 Å². The largest absolute Gasteiger partial charge is 0.478 e. The van der Waals surface area contributed by atoms with Crippen molar-refractivity contribution in [3.8, 4) is 0 Å². The molecule has 0 aliphatic heterocycles. The molecule has 0 aromatic carbocycles. The summed E-state index contributed by atoms with van der Waals surface area (Å²) in [5, 5.41) is 8.20. The van der Waals surface area contributed by atoms with E-state index in [1.165, 1.54) is 6.08 Å². The van der Waals surface area contributed by atoms with Gasteiger partial charge >= 0.3 is 11.9 Å². The summed E-state index contributed by atoms with van der Waals surface area (Å²) in [5.41, 5.74) is 0. The Morgan fingerprint density at radius 3 is 2.67 bits per heavy atom. The fraction of sp³-hybridized carbons (Fsp3) is 0.429. The minimum atomic E-state index is -1.08. The Hall–Kier alpha value is -1.03. The Kier molecular flexibility index (Phi) is 5.12. The lowest BCUT2D eigenvalue weighted by molar-refractivity contribution is -0.143. The van der Waals surface area contributed by atoms with Crippen molar-refractivity contribution in [2.24, 2.45) is 0 Å². The number of halogens is 1. The van der Waals surface area contributed by atoms with Gasteiger partial charge in [0.2, 0.25) is 0 Å². The van der Waals surface area contributed by atoms with Gasteiger partial charge in [-0.1, -0.05) is 0 Å². The van der Waals surface area contributed by atoms with Gasteiger partial charge in [0.05, 0.1) is 0 Å². The van der Waals surface area contributed by atoms with E-state index in [0.717, 1.165) is 6.08 Å². The van der Waals surface area contributed by atoms with Crippen molar-refractivity contribution in [2.45, 2.75) is 13.0 Å². The number of carbonyl (C=O) groups excluding carboxylic acids is 1. The van der Waals surface area contributed by atoms with Gasteiger partial charge in [-0.3, -0.25) is 4.79 Å². The molecule has 0 spiro atoms. The molecule has 4 nitrogen and oxygen atoms in total. The van der Waals surface area contributed by atoms with Gasteiger partial charge < -0.3 is 9.84 Å². The second kappa shape index (κ2) is 5.60. The van der Waals surface area contributed by atoms with Crippen LogP contribution in [0.5, 0.6) is 0 Å². The van der Waals surface area contributed by atoms with Crippen LogP contribution in [0.25, 0.3) is 0 Å². The van der Waals surface area contributed by atoms with E-state index in [0.29, 0.717) is 0 Å². The number of carboxylic acid groups (broad SMARTS) is 1. The predicted octanol–water partition coefficient (Wildman–Crippen LogP) is 0.798. The molecule has 0 saturated heterocycles. The lowest BCUT2D eigenvalue weighted by atomic mass is 10.3. The Bertz CT molecular complexity index is 200. The molecule has 12 heavy (non-hydrogen) atoms. The van der Waals surface area contributed by atoms with Crippen LogP contribution in [0.4, 0.5) is 0 Å². The molecule has 5 heteroatoms. The number of carbonyl (C=O) groups is 2. The first kappa shape index (κ1) is 11.0. The smallest absolute Gasteiger partial charge is 0.328 e. The van der Waals surface area contributed by atoms with Crippen LogP contribution in [-0.2, 0) is 14.3 Å². The summed E-state index contributed by atoms with van der Waals surface area (Å²) in [4.78, 5) is 20.5. The number of esters is 1. The molecule has 0 amide bonds. The molecule has 0 aromatic rings. The van der Waals surface area contributed by atoms with E-state index in [1.807, 2.05) is 0 Å². The van der Waals surface area contributed by atoms with E-state index >= 15 is 0 Å². The van der Waals surface area contributed by atoms with Gasteiger partial charge in [0.15, 0.2) is 0 Å². The Balaban J connectivity index is 3.81. The number of hydrogen-bond donors (Lipinski definition) is 1. The van der Waals surface area contributed by atoms with Gasteiger partial charge in [-0.05, 0) is 13.0 Å². The molecule has 0 aromatic heterocycles. The number of rotatable bonds is 4. The minimum absolute atomic E-state index is 0.231. The van der Waals surface area contributed by atoms with Crippen LogP contribution >= 0.6 is 11.6 Å². The number of alkyl halides is 1. The zero-order chi connectivity index (χ0) is 9.56. The third kappa shape index (κ3) is 5.73. The van der Waals surface area contributed by atoms with E-state index in [-0.39, 0.29) is 5.88 Å². The van der Waals surface area contributed by atoms with Gasteiger partial charge in [0.25, 0.3) is 0 Å². The molecule has 1 atom stereocenters. The monoisotopic (exact) mass is 192 g/mol. The predicted molar refractivity (Wildman–Crippen MR) is 43.0 cm³/mol. The highest BCUT2D eigenvalue weighted by Crippen LogP contribution is 1.94. The molecule has 0 aliphatic rings. The summed E-state index contributed by atoms with van der Waals surface area (Å²) in [6, 6.07) is 0. The third-order valence-electron chi connectivity index (χ3n) is 0.936. The highest BCUT2D eigenvalue weighted by atomic mass is 35.5. The number of hydrogen-bond acceptors (Lipinski definition) is 3. The molecule has 0 saturated carbocycles. The van der Waals surface area contributed by atoms with E-state index < -0.39 is 18.0 Å². The topological polar surface area (TPSA) is 63.6 Å². The van der Waals surface area contributed by atoms with Crippen molar-refractivity contribution < 1.29 is 19.4 Å². The summed E-state index contributed by atoms with van der Waals surface area (Å²) < 4.78 is 4.63. The highest BCUT2D eigenvalue weighted by Gasteiger charge is 2.04. The first-order valence-electron chi connectivity index (χ1n) is 3.23. The average molecular weight is 193 g/mol. The van der Waals surface area contributed by atoms with Crippen molar-refractivity contribution in [3.05, 3.63) is 12.2 Å². The van der Waals surface area contributed by atoms with Crippen LogP contribution in [0.2, 0.25) is 0 Å². The van der Waals surface area contributed by atoms with Crippen molar-refractivity contribution >= 4 is 23.5 Å². The zero-order valence-electron chi connectivity index (χ0n) is 6.49. The molecule has 0 heterocycles. The van der Waals surface area contributed by atoms with E-state index in [1.54, 1.807) is 6.92 Å². The molecular formula is C7H9ClO4. The normalized spacial score (nSPS) is 12.8. The van der Waals surface area contributed by atoms with Gasteiger partial charge in [-0.2, -0.15) is 0 Å². The average Bonchev–Trinajstić information content (AvgIpc) is 2.00. The van der Waals surface area contributed by atoms with Crippen LogP contribution in [0.3, 0.4) is 0 Å². The molecule has 0 rings (SSSR count). The summed E-state index contributed by atoms with van der Waals surface area (Å²) in [6.45, 7) is 1.55. The molecule has 0 fully saturated rings. The number of ether oxygens (including phenoxy) is 1. The molecule has 0 aliphatic carbocycles. The van der Waals surface area contributed by atoms with Crippen LogP contribution in [0.1, 0.15) is 6.92 Å². The second-order valence-corrected chi connectivity index (χ2v) is 2.29. The zero-order valence-corrected chi connectivity index (χ0v) is 7.25. The maximum absolute atomic E-state index is 10.5. The van der Waals surface area contributed by atoms with Crippen LogP contribution in [-0.4, -0.2) is 29.0 Å². The van der Waals surface area contributed by atoms with E-state index in [4.69, 9.17) is 16.7 Å². The van der Waals surface area contributed by atoms with Crippen LogP contribution in [0, 0.1) is 0 Å². The summed E-state index contributed by atoms with van der Waals surface area (Å²) in [6.07, 6.45) is 1.60. The van der Waals surface area contributed by atoms with Gasteiger partial charge in [0.1, 0.15) is 12.0 Å². The van der Waals surface area contributed by atoms with E-state index in [9.17, 15) is 9.59 Å². The molecule has 0 radical (unpaired) electrons. The summed E-state index contributed by atoms with van der Waals surface area (Å²) >= 11 is 5.14. The van der Waals surface area contributed by atoms with Crippen molar-refractivity contribution in [1.82, 2.24) is 0 Å². The molecule has 1 unspecified atom stereocenters. The maximum Gasteiger partial charge on any atom is 0.328 e. The Morgan fingerprint density at radius 1 is 1.67 bits per heavy atom. The molecular weight excluding hydrogens is 184 g/mol. The van der Waals surface area contributed by atoms with E-state index in [2.05, 4.69) is 4.74 Å². The SMILES string of the molecule is CC(C=CC(=O)O)OC(=O)CCl. The Labute approximate surface area is 74.8 Å². The third-order valence-corrected chi connectivity index (χ3v) is 1.15. The Morgan fingerprint density at radius 2 is 2.25 bits per heavy atom. The minimum Gasteiger partial charge on any atom is -0.478 e. The van der Waals surface area contributed by atoms with Crippen LogP contribution < -0.4 is 0 Å². The summed E-state index contributed by atoms with van der Waals surface area (Å²) in [7, 11) is 0. The number of aliphatic carboxylic acids is 1. The molecule has 1 N–H and O–H groups in total. The lowest BCUT2D eigenvalue weighted by Crippen LogP contribution is -2.13. The molecule has 68 valence electrons. The van der Waals surface area contributed by atoms with Gasteiger partial charge in [-0.15, -0.1) is 11.6 Å². The first-order valence-corrected chi connectivity index (χ1v) is 3.76.